The Labute approximate surface area is 182 Å². The zero-order valence-corrected chi connectivity index (χ0v) is 17.6. The number of ether oxygens (including phenoxy) is 3. The van der Waals surface area contributed by atoms with Crippen molar-refractivity contribution in [3.05, 3.63) is 52.5 Å². The maximum atomic E-state index is 12.4. The normalized spacial score (nSPS) is 17.7. The molecule has 9 heteroatoms. The highest BCUT2D eigenvalue weighted by Crippen LogP contribution is 2.39. The lowest BCUT2D eigenvalue weighted by Crippen LogP contribution is -2.42. The van der Waals surface area contributed by atoms with Crippen LogP contribution in [0.25, 0.3) is 0 Å². The van der Waals surface area contributed by atoms with Crippen molar-refractivity contribution in [2.24, 2.45) is 0 Å². The van der Waals surface area contributed by atoms with Crippen LogP contribution >= 0.6 is 11.6 Å². The fourth-order valence-corrected chi connectivity index (χ4v) is 3.60. The predicted molar refractivity (Wildman–Crippen MR) is 108 cm³/mol. The smallest absolute Gasteiger partial charge is 0.393 e. The Balaban J connectivity index is 1.46. The van der Waals surface area contributed by atoms with Crippen molar-refractivity contribution in [2.75, 3.05) is 13.2 Å². The molecule has 31 heavy (non-hydrogen) atoms. The van der Waals surface area contributed by atoms with Gasteiger partial charge in [-0.1, -0.05) is 24.6 Å². The molecule has 1 N–H and O–H groups in total. The summed E-state index contributed by atoms with van der Waals surface area (Å²) < 4.78 is 54.2. The molecule has 0 aliphatic carbocycles. The zero-order valence-electron chi connectivity index (χ0n) is 16.8. The molecular formula is C22H22ClF3O5. The second kappa shape index (κ2) is 9.26. The van der Waals surface area contributed by atoms with Crippen molar-refractivity contribution in [3.8, 4) is 17.2 Å². The van der Waals surface area contributed by atoms with Crippen LogP contribution in [0.4, 0.5) is 13.2 Å². The molecule has 0 spiro atoms. The third kappa shape index (κ3) is 5.76. The molecule has 0 fully saturated rings. The van der Waals surface area contributed by atoms with Crippen molar-refractivity contribution in [1.29, 1.82) is 0 Å². The maximum Gasteiger partial charge on any atom is 0.393 e. The van der Waals surface area contributed by atoms with E-state index in [0.717, 1.165) is 5.56 Å². The van der Waals surface area contributed by atoms with Gasteiger partial charge in [-0.05, 0) is 42.3 Å². The molecule has 0 saturated carbocycles. The van der Waals surface area contributed by atoms with Crippen molar-refractivity contribution >= 4 is 17.6 Å². The van der Waals surface area contributed by atoms with E-state index in [0.29, 0.717) is 36.7 Å². The van der Waals surface area contributed by atoms with Crippen LogP contribution in [0.3, 0.4) is 0 Å². The molecule has 2 aromatic carbocycles. The Bertz CT molecular complexity index is 947. The Morgan fingerprint density at radius 2 is 1.94 bits per heavy atom. The fourth-order valence-electron chi connectivity index (χ4n) is 3.34. The van der Waals surface area contributed by atoms with Crippen LogP contribution < -0.4 is 14.2 Å². The Kier molecular flexibility index (Phi) is 6.89. The first-order chi connectivity index (χ1) is 14.6. The maximum absolute atomic E-state index is 12.4. The van der Waals surface area contributed by atoms with Crippen LogP contribution in [0.5, 0.6) is 17.2 Å². The molecule has 1 aliphatic heterocycles. The van der Waals surface area contributed by atoms with E-state index >= 15 is 0 Å². The van der Waals surface area contributed by atoms with Crippen molar-refractivity contribution < 1.29 is 37.3 Å². The van der Waals surface area contributed by atoms with Gasteiger partial charge in [0, 0.05) is 18.4 Å². The number of hydrogen-bond acceptors (Lipinski definition) is 4. The Morgan fingerprint density at radius 1 is 1.19 bits per heavy atom. The average Bonchev–Trinajstić information content (AvgIpc) is 3.07. The number of hydrogen-bond donors (Lipinski definition) is 1. The quantitative estimate of drug-likeness (QED) is 0.505. The molecule has 0 aromatic heterocycles. The van der Waals surface area contributed by atoms with Gasteiger partial charge in [0.2, 0.25) is 5.60 Å². The van der Waals surface area contributed by atoms with E-state index in [1.54, 1.807) is 25.1 Å². The molecule has 3 rings (SSSR count). The van der Waals surface area contributed by atoms with Crippen LogP contribution in [0.2, 0.25) is 5.02 Å². The average molecular weight is 459 g/mol. The fraction of sp³-hybridized carbons (Fsp3) is 0.409. The highest BCUT2D eigenvalue weighted by atomic mass is 35.5. The lowest BCUT2D eigenvalue weighted by molar-refractivity contribution is -0.154. The van der Waals surface area contributed by atoms with Crippen molar-refractivity contribution in [2.45, 2.75) is 44.4 Å². The molecule has 168 valence electrons. The number of alkyl halides is 3. The van der Waals surface area contributed by atoms with E-state index in [2.05, 4.69) is 0 Å². The van der Waals surface area contributed by atoms with Gasteiger partial charge in [-0.2, -0.15) is 13.2 Å². The van der Waals surface area contributed by atoms with Gasteiger partial charge in [0.1, 0.15) is 17.2 Å². The van der Waals surface area contributed by atoms with Gasteiger partial charge in [0.15, 0.2) is 0 Å². The van der Waals surface area contributed by atoms with E-state index in [9.17, 15) is 23.1 Å². The highest BCUT2D eigenvalue weighted by molar-refractivity contribution is 6.32. The standard InChI is InChI=1S/C22H22ClF3O5/c1-2-21(20(27)28)13-15-11-16(5-7-18(15)31-21)29-8-3-9-30-19-6-4-14(10-17(19)23)12-22(24,25)26/h4-7,10-11H,2-3,8-9,12-13H2,1H3,(H,27,28). The van der Waals surface area contributed by atoms with E-state index in [1.807, 2.05) is 0 Å². The lowest BCUT2D eigenvalue weighted by atomic mass is 9.94. The van der Waals surface area contributed by atoms with Gasteiger partial charge < -0.3 is 19.3 Å². The number of rotatable bonds is 9. The number of aliphatic carboxylic acids is 1. The number of benzene rings is 2. The number of halogens is 4. The summed E-state index contributed by atoms with van der Waals surface area (Å²) in [5.41, 5.74) is -0.378. The number of fused-ring (bicyclic) bond motifs is 1. The molecule has 1 heterocycles. The van der Waals surface area contributed by atoms with Gasteiger partial charge in [-0.25, -0.2) is 4.79 Å². The minimum Gasteiger partial charge on any atom is -0.493 e. The van der Waals surface area contributed by atoms with Crippen molar-refractivity contribution in [3.63, 3.8) is 0 Å². The van der Waals surface area contributed by atoms with Crippen LogP contribution in [0, 0.1) is 0 Å². The highest BCUT2D eigenvalue weighted by Gasteiger charge is 2.45. The molecule has 1 unspecified atom stereocenters. The third-order valence-corrected chi connectivity index (χ3v) is 5.29. The summed E-state index contributed by atoms with van der Waals surface area (Å²) in [5, 5.41) is 9.58. The molecule has 5 nitrogen and oxygen atoms in total. The molecular weight excluding hydrogens is 437 g/mol. The van der Waals surface area contributed by atoms with E-state index in [4.69, 9.17) is 25.8 Å². The second-order valence-electron chi connectivity index (χ2n) is 7.31. The summed E-state index contributed by atoms with van der Waals surface area (Å²) >= 11 is 6.00. The molecule has 0 saturated heterocycles. The monoisotopic (exact) mass is 458 g/mol. The first-order valence-corrected chi connectivity index (χ1v) is 10.2. The Hall–Kier alpha value is -2.61. The minimum absolute atomic E-state index is 0.0729. The van der Waals surface area contributed by atoms with Gasteiger partial charge in [-0.15, -0.1) is 0 Å². The number of carboxylic acid groups (broad SMARTS) is 1. The van der Waals surface area contributed by atoms with Crippen LogP contribution in [0.1, 0.15) is 30.9 Å². The largest absolute Gasteiger partial charge is 0.493 e. The van der Waals surface area contributed by atoms with Gasteiger partial charge >= 0.3 is 12.1 Å². The summed E-state index contributed by atoms with van der Waals surface area (Å²) in [6.07, 6.45) is -4.19. The van der Waals surface area contributed by atoms with E-state index < -0.39 is 24.2 Å². The molecule has 1 atom stereocenters. The summed E-state index contributed by atoms with van der Waals surface area (Å²) in [7, 11) is 0. The summed E-state index contributed by atoms with van der Waals surface area (Å²) in [5.74, 6) is 0.459. The van der Waals surface area contributed by atoms with Crippen LogP contribution in [-0.2, 0) is 17.6 Å². The summed E-state index contributed by atoms with van der Waals surface area (Å²) in [6.45, 7) is 2.37. The zero-order chi connectivity index (χ0) is 22.6. The Morgan fingerprint density at radius 3 is 2.58 bits per heavy atom. The predicted octanol–water partition coefficient (Wildman–Crippen LogP) is 5.46. The van der Waals surface area contributed by atoms with Gasteiger partial charge in [-0.3, -0.25) is 0 Å². The van der Waals surface area contributed by atoms with E-state index in [-0.39, 0.29) is 23.6 Å². The SMILES string of the molecule is CCC1(C(=O)O)Cc2cc(OCCCOc3ccc(CC(F)(F)F)cc3Cl)ccc2O1. The molecule has 1 aliphatic rings. The van der Waals surface area contributed by atoms with Crippen LogP contribution in [-0.4, -0.2) is 36.1 Å². The third-order valence-electron chi connectivity index (χ3n) is 4.99. The number of carbonyl (C=O) groups is 1. The van der Waals surface area contributed by atoms with E-state index in [1.165, 1.54) is 18.2 Å². The molecule has 0 bridgehead atoms. The first-order valence-electron chi connectivity index (χ1n) is 9.78. The minimum atomic E-state index is -4.29. The summed E-state index contributed by atoms with van der Waals surface area (Å²) in [6, 6.07) is 9.19. The lowest BCUT2D eigenvalue weighted by Gasteiger charge is -2.21. The van der Waals surface area contributed by atoms with Crippen molar-refractivity contribution in [1.82, 2.24) is 0 Å². The number of carboxylic acids is 1. The first kappa shape index (κ1) is 23.1. The van der Waals surface area contributed by atoms with Gasteiger partial charge in [0.25, 0.3) is 0 Å². The van der Waals surface area contributed by atoms with Crippen LogP contribution in [0.15, 0.2) is 36.4 Å². The second-order valence-corrected chi connectivity index (χ2v) is 7.72. The summed E-state index contributed by atoms with van der Waals surface area (Å²) in [4.78, 5) is 11.5. The topological polar surface area (TPSA) is 65.0 Å². The molecule has 2 aromatic rings. The molecule has 0 amide bonds. The molecule has 0 radical (unpaired) electrons. The van der Waals surface area contributed by atoms with Gasteiger partial charge in [0.05, 0.1) is 24.7 Å².